The van der Waals surface area contributed by atoms with Gasteiger partial charge in [-0.05, 0) is 12.1 Å². The molecule has 3 aromatic rings. The number of aromatic nitrogens is 3. The zero-order valence-corrected chi connectivity index (χ0v) is 13.0. The van der Waals surface area contributed by atoms with Crippen molar-refractivity contribution in [3.63, 3.8) is 0 Å². The van der Waals surface area contributed by atoms with Crippen LogP contribution >= 0.6 is 0 Å². The normalized spacial score (nSPS) is 11.0. The van der Waals surface area contributed by atoms with Gasteiger partial charge < -0.3 is 0 Å². The molecule has 0 aliphatic rings. The van der Waals surface area contributed by atoms with E-state index in [0.29, 0.717) is 0 Å². The fraction of sp³-hybridized carbons (Fsp3) is 0.0769. The number of imidazole rings is 1. The highest BCUT2D eigenvalue weighted by Crippen LogP contribution is 2.21. The van der Waals surface area contributed by atoms with E-state index < -0.39 is 15.2 Å². The molecule has 0 saturated heterocycles. The summed E-state index contributed by atoms with van der Waals surface area (Å²) in [7, 11) is -3.03. The van der Waals surface area contributed by atoms with Gasteiger partial charge in [-0.25, -0.2) is 27.6 Å². The number of aryl methyl sites for hydroxylation is 1. The van der Waals surface area contributed by atoms with Gasteiger partial charge in [-0.1, -0.05) is 4.98 Å². The molecular weight excluding hydrogens is 344 g/mol. The Labute approximate surface area is 137 Å². The van der Waals surface area contributed by atoms with Crippen LogP contribution in [0.25, 0.3) is 17.0 Å². The van der Waals surface area contributed by atoms with Crippen LogP contribution in [0, 0.1) is 20.4 Å². The number of nitro benzene ring substituents is 1. The zero-order valence-electron chi connectivity index (χ0n) is 12.2. The largest absolute Gasteiger partial charge is 0.403 e. The van der Waals surface area contributed by atoms with Gasteiger partial charge in [0.25, 0.3) is 5.69 Å². The Morgan fingerprint density at radius 2 is 1.75 bits per heavy atom. The van der Waals surface area contributed by atoms with Crippen LogP contribution in [-0.4, -0.2) is 14.5 Å². The van der Waals surface area contributed by atoms with Crippen LogP contribution in [0.5, 0.6) is 0 Å². The minimum atomic E-state index is -4.94. The SMILES string of the molecule is Cn1c(-c2ccc([N+](=O)[O-])cc2)c[n+]2cccnc12.[O-][Cl+3]([O-])([O-])[O-]. The molecule has 0 radical (unpaired) electrons. The summed E-state index contributed by atoms with van der Waals surface area (Å²) in [6, 6.07) is 8.35. The molecule has 24 heavy (non-hydrogen) atoms. The van der Waals surface area contributed by atoms with Gasteiger partial charge in [0.2, 0.25) is 0 Å². The second-order valence-electron chi connectivity index (χ2n) is 4.58. The van der Waals surface area contributed by atoms with Gasteiger partial charge >= 0.3 is 5.78 Å². The van der Waals surface area contributed by atoms with E-state index in [-0.39, 0.29) is 5.69 Å². The lowest BCUT2D eigenvalue weighted by molar-refractivity contribution is -2.00. The average molecular weight is 355 g/mol. The number of hydrogen-bond acceptors (Lipinski definition) is 7. The second-order valence-corrected chi connectivity index (χ2v) is 5.34. The molecule has 0 aliphatic heterocycles. The summed E-state index contributed by atoms with van der Waals surface area (Å²) in [4.78, 5) is 14.5. The Morgan fingerprint density at radius 3 is 2.25 bits per heavy atom. The van der Waals surface area contributed by atoms with Crippen molar-refractivity contribution in [2.45, 2.75) is 0 Å². The number of fused-ring (bicyclic) bond motifs is 1. The van der Waals surface area contributed by atoms with Gasteiger partial charge in [0.15, 0.2) is 0 Å². The molecule has 0 N–H and O–H groups in total. The number of non-ortho nitro benzene ring substituents is 1. The fourth-order valence-electron chi connectivity index (χ4n) is 2.08. The predicted octanol–water partition coefficient (Wildman–Crippen LogP) is -3.02. The fourth-order valence-corrected chi connectivity index (χ4v) is 2.08. The Morgan fingerprint density at radius 1 is 1.17 bits per heavy atom. The van der Waals surface area contributed by atoms with Crippen molar-refractivity contribution in [2.24, 2.45) is 7.05 Å². The summed E-state index contributed by atoms with van der Waals surface area (Å²) < 4.78 is 37.8. The standard InChI is InChI=1S/C13H11N4O2.ClHO4/c1-15-12(9-16-8-2-7-14-13(15)16)10-3-5-11(6-4-10)17(18)19;2-1(3,4)5/h2-9H,1H3;(H,2,3,4,5)/q+1;/p-1. The molecule has 0 aliphatic carbocycles. The number of rotatable bonds is 2. The van der Waals surface area contributed by atoms with Crippen LogP contribution in [0.2, 0.25) is 0 Å². The highest BCUT2D eigenvalue weighted by atomic mass is 35.7. The van der Waals surface area contributed by atoms with E-state index in [4.69, 9.17) is 18.6 Å². The van der Waals surface area contributed by atoms with E-state index >= 15 is 0 Å². The average Bonchev–Trinajstić information content (AvgIpc) is 2.83. The summed E-state index contributed by atoms with van der Waals surface area (Å²) in [6.07, 6.45) is 5.59. The smallest absolute Gasteiger partial charge is 0.258 e. The minimum Gasteiger partial charge on any atom is -0.258 e. The maximum Gasteiger partial charge on any atom is 0.403 e. The monoisotopic (exact) mass is 354 g/mol. The molecule has 2 heterocycles. The van der Waals surface area contributed by atoms with E-state index in [1.807, 2.05) is 34.5 Å². The van der Waals surface area contributed by atoms with Crippen LogP contribution < -0.4 is 23.0 Å². The first-order chi connectivity index (χ1) is 11.2. The van der Waals surface area contributed by atoms with Crippen LogP contribution in [0.1, 0.15) is 0 Å². The van der Waals surface area contributed by atoms with Crippen LogP contribution in [-0.2, 0) is 7.05 Å². The first-order valence-corrected chi connectivity index (χ1v) is 7.58. The molecule has 3 rings (SSSR count). The van der Waals surface area contributed by atoms with Crippen molar-refractivity contribution in [1.29, 1.82) is 0 Å². The molecule has 126 valence electrons. The molecule has 0 spiro atoms. The van der Waals surface area contributed by atoms with Gasteiger partial charge in [0, 0.05) is 23.8 Å². The summed E-state index contributed by atoms with van der Waals surface area (Å²) in [5.41, 5.74) is 1.96. The number of benzene rings is 1. The summed E-state index contributed by atoms with van der Waals surface area (Å²) in [5, 5.41) is 10.6. The van der Waals surface area contributed by atoms with E-state index in [9.17, 15) is 10.1 Å². The topological polar surface area (TPSA) is 157 Å². The quantitative estimate of drug-likeness (QED) is 0.269. The highest BCUT2D eigenvalue weighted by Gasteiger charge is 2.16. The number of nitro groups is 1. The van der Waals surface area contributed by atoms with Gasteiger partial charge in [-0.3, -0.25) is 10.1 Å². The van der Waals surface area contributed by atoms with Crippen molar-refractivity contribution in [2.75, 3.05) is 0 Å². The maximum absolute atomic E-state index is 10.6. The van der Waals surface area contributed by atoms with E-state index in [1.165, 1.54) is 12.1 Å². The molecule has 0 amide bonds. The molecule has 11 heteroatoms. The predicted molar refractivity (Wildman–Crippen MR) is 68.5 cm³/mol. The molecule has 0 saturated carbocycles. The summed E-state index contributed by atoms with van der Waals surface area (Å²) in [6.45, 7) is 0. The van der Waals surface area contributed by atoms with Crippen LogP contribution in [0.4, 0.5) is 5.69 Å². The Kier molecular flexibility index (Phi) is 5.07. The van der Waals surface area contributed by atoms with Crippen molar-refractivity contribution < 1.29 is 38.2 Å². The van der Waals surface area contributed by atoms with E-state index in [2.05, 4.69) is 4.98 Å². The molecule has 2 aromatic heterocycles. The third-order valence-corrected chi connectivity index (χ3v) is 3.05. The zero-order chi connectivity index (χ0) is 17.9. The van der Waals surface area contributed by atoms with Gasteiger partial charge in [0.1, 0.15) is 18.1 Å². The second kappa shape index (κ2) is 6.86. The Hall–Kier alpha value is -2.63. The van der Waals surface area contributed by atoms with Crippen molar-refractivity contribution in [3.05, 3.63) is 59.0 Å². The lowest BCUT2D eigenvalue weighted by Crippen LogP contribution is -2.68. The maximum atomic E-state index is 10.6. The Balaban J connectivity index is 0.000000368. The molecule has 1 aromatic carbocycles. The van der Waals surface area contributed by atoms with Crippen LogP contribution in [0.15, 0.2) is 48.9 Å². The number of nitrogens with zero attached hydrogens (tertiary/aromatic N) is 4. The first kappa shape index (κ1) is 17.7. The summed E-state index contributed by atoms with van der Waals surface area (Å²) >= 11 is 0. The first-order valence-electron chi connectivity index (χ1n) is 6.35. The minimum absolute atomic E-state index is 0.0910. The lowest BCUT2D eigenvalue weighted by Gasteiger charge is -2.17. The van der Waals surface area contributed by atoms with Crippen molar-refractivity contribution in [3.8, 4) is 11.3 Å². The Bertz CT molecular complexity index is 853. The van der Waals surface area contributed by atoms with E-state index in [0.717, 1.165) is 17.0 Å². The van der Waals surface area contributed by atoms with Crippen LogP contribution in [0.3, 0.4) is 0 Å². The molecule has 0 unspecified atom stereocenters. The molecule has 0 atom stereocenters. The number of halogens is 1. The van der Waals surface area contributed by atoms with Gasteiger partial charge in [0.05, 0.1) is 18.2 Å². The number of hydrogen-bond donors (Lipinski definition) is 0. The summed E-state index contributed by atoms with van der Waals surface area (Å²) in [5.74, 6) is 0.816. The van der Waals surface area contributed by atoms with Crippen molar-refractivity contribution >= 4 is 11.5 Å². The third-order valence-electron chi connectivity index (χ3n) is 3.05. The van der Waals surface area contributed by atoms with E-state index in [1.54, 1.807) is 18.3 Å². The lowest BCUT2D eigenvalue weighted by atomic mass is 10.1. The molecule has 10 nitrogen and oxygen atoms in total. The van der Waals surface area contributed by atoms with Gasteiger partial charge in [-0.2, -0.15) is 0 Å². The van der Waals surface area contributed by atoms with Gasteiger partial charge in [-0.15, -0.1) is 10.2 Å². The molecular formula is C13H11ClN4O6. The molecule has 0 bridgehead atoms. The molecule has 0 fully saturated rings. The highest BCUT2D eigenvalue weighted by molar-refractivity contribution is 5.61. The third kappa shape index (κ3) is 4.44. The van der Waals surface area contributed by atoms with Crippen molar-refractivity contribution in [1.82, 2.24) is 9.55 Å².